The maximum absolute atomic E-state index is 12.6. The molecule has 1 saturated heterocycles. The van der Waals surface area contributed by atoms with Crippen molar-refractivity contribution in [2.75, 3.05) is 5.75 Å². The summed E-state index contributed by atoms with van der Waals surface area (Å²) >= 11 is 7.61. The Labute approximate surface area is 149 Å². The Morgan fingerprint density at radius 1 is 1.25 bits per heavy atom. The van der Waals surface area contributed by atoms with Crippen molar-refractivity contribution in [2.24, 2.45) is 0 Å². The highest BCUT2D eigenvalue weighted by Gasteiger charge is 2.48. The Balaban J connectivity index is 1.48. The van der Waals surface area contributed by atoms with Crippen LogP contribution in [0.2, 0.25) is 5.02 Å². The van der Waals surface area contributed by atoms with Crippen molar-refractivity contribution >= 4 is 35.2 Å². The van der Waals surface area contributed by atoms with Gasteiger partial charge in [-0.2, -0.15) is 0 Å². The molecule has 6 heteroatoms. The van der Waals surface area contributed by atoms with Crippen LogP contribution in [-0.2, 0) is 11.3 Å². The Morgan fingerprint density at radius 2 is 2.08 bits per heavy atom. The van der Waals surface area contributed by atoms with E-state index in [0.717, 1.165) is 11.1 Å². The minimum Gasteiger partial charge on any atom is -0.350 e. The van der Waals surface area contributed by atoms with Gasteiger partial charge in [-0.1, -0.05) is 41.9 Å². The molecule has 122 valence electrons. The first-order chi connectivity index (χ1) is 11.6. The molecular weight excluding hydrogens is 344 g/mol. The van der Waals surface area contributed by atoms with E-state index in [1.54, 1.807) is 22.7 Å². The number of hydrogen-bond donors (Lipinski definition) is 1. The molecule has 0 aliphatic carbocycles. The molecule has 2 amide bonds. The van der Waals surface area contributed by atoms with E-state index in [2.05, 4.69) is 5.32 Å². The average Bonchev–Trinajstić information content (AvgIpc) is 3.14. The van der Waals surface area contributed by atoms with Crippen LogP contribution in [0.3, 0.4) is 0 Å². The lowest BCUT2D eigenvalue weighted by molar-refractivity contribution is -0.124. The molecule has 0 radical (unpaired) electrons. The van der Waals surface area contributed by atoms with Crippen molar-refractivity contribution in [1.82, 2.24) is 10.2 Å². The summed E-state index contributed by atoms with van der Waals surface area (Å²) in [7, 11) is 0. The molecular formula is C18H15ClN2O2S. The second-order valence-electron chi connectivity index (χ2n) is 5.85. The molecule has 0 bridgehead atoms. The van der Waals surface area contributed by atoms with E-state index in [1.807, 2.05) is 42.5 Å². The summed E-state index contributed by atoms with van der Waals surface area (Å²) in [5.41, 5.74) is 2.66. The normalized spacial score (nSPS) is 21.5. The molecule has 1 N–H and O–H groups in total. The van der Waals surface area contributed by atoms with Crippen molar-refractivity contribution in [1.29, 1.82) is 0 Å². The van der Waals surface area contributed by atoms with Gasteiger partial charge in [0, 0.05) is 22.9 Å². The molecule has 2 aromatic carbocycles. The maximum atomic E-state index is 12.6. The highest BCUT2D eigenvalue weighted by atomic mass is 35.5. The van der Waals surface area contributed by atoms with Gasteiger partial charge in [-0.3, -0.25) is 9.59 Å². The van der Waals surface area contributed by atoms with Crippen LogP contribution in [0.5, 0.6) is 0 Å². The summed E-state index contributed by atoms with van der Waals surface area (Å²) in [4.78, 5) is 26.9. The highest BCUT2D eigenvalue weighted by Crippen LogP contribution is 2.48. The Bertz CT molecular complexity index is 826. The van der Waals surface area contributed by atoms with E-state index >= 15 is 0 Å². The number of halogens is 1. The van der Waals surface area contributed by atoms with E-state index in [4.69, 9.17) is 11.6 Å². The zero-order valence-corrected chi connectivity index (χ0v) is 14.3. The molecule has 2 aromatic rings. The van der Waals surface area contributed by atoms with Gasteiger partial charge in [-0.25, -0.2) is 0 Å². The predicted molar refractivity (Wildman–Crippen MR) is 94.9 cm³/mol. The smallest absolute Gasteiger partial charge is 0.256 e. The standard InChI is InChI=1S/C18H15ClN2O2S/c19-12-5-3-4-11(8-12)9-20-16(22)15-10-24-18-14-7-2-1-6-13(14)17(23)21(15)18/h1-8,15,18H,9-10H2,(H,20,22)/t15-,18+/m1/s1. The number of carbonyl (C=O) groups excluding carboxylic acids is 2. The molecule has 0 saturated carbocycles. The number of benzene rings is 2. The number of amides is 2. The predicted octanol–water partition coefficient (Wildman–Crippen LogP) is 3.23. The molecule has 4 rings (SSSR count). The van der Waals surface area contributed by atoms with Gasteiger partial charge in [-0.15, -0.1) is 11.8 Å². The molecule has 2 aliphatic heterocycles. The summed E-state index contributed by atoms with van der Waals surface area (Å²) in [6, 6.07) is 14.5. The zero-order chi connectivity index (χ0) is 16.7. The Hall–Kier alpha value is -1.98. The summed E-state index contributed by atoms with van der Waals surface area (Å²) in [5.74, 6) is 0.446. The zero-order valence-electron chi connectivity index (χ0n) is 12.7. The molecule has 4 nitrogen and oxygen atoms in total. The van der Waals surface area contributed by atoms with E-state index in [-0.39, 0.29) is 17.2 Å². The third kappa shape index (κ3) is 2.58. The number of fused-ring (bicyclic) bond motifs is 3. The number of nitrogens with one attached hydrogen (secondary N) is 1. The van der Waals surface area contributed by atoms with Crippen LogP contribution in [0.15, 0.2) is 48.5 Å². The summed E-state index contributed by atoms with van der Waals surface area (Å²) in [6.07, 6.45) is 0. The molecule has 0 spiro atoms. The molecule has 2 atom stereocenters. The van der Waals surface area contributed by atoms with E-state index < -0.39 is 6.04 Å². The number of carbonyl (C=O) groups is 2. The monoisotopic (exact) mass is 358 g/mol. The van der Waals surface area contributed by atoms with Crippen molar-refractivity contribution in [3.63, 3.8) is 0 Å². The fourth-order valence-corrected chi connectivity index (χ4v) is 4.87. The first kappa shape index (κ1) is 15.5. The molecule has 2 aliphatic rings. The lowest BCUT2D eigenvalue weighted by Crippen LogP contribution is -2.45. The second kappa shape index (κ2) is 6.15. The first-order valence-electron chi connectivity index (χ1n) is 7.70. The molecule has 2 heterocycles. The van der Waals surface area contributed by atoms with Gasteiger partial charge in [0.25, 0.3) is 5.91 Å². The van der Waals surface area contributed by atoms with Crippen LogP contribution in [0.25, 0.3) is 0 Å². The lowest BCUT2D eigenvalue weighted by Gasteiger charge is -2.22. The van der Waals surface area contributed by atoms with Crippen LogP contribution >= 0.6 is 23.4 Å². The SMILES string of the molecule is O=C(NCc1cccc(Cl)c1)[C@H]1CS[C@H]2c3ccccc3C(=O)N12. The number of hydrogen-bond acceptors (Lipinski definition) is 3. The van der Waals surface area contributed by atoms with Gasteiger partial charge >= 0.3 is 0 Å². The third-order valence-electron chi connectivity index (χ3n) is 4.35. The number of thioether (sulfide) groups is 1. The summed E-state index contributed by atoms with van der Waals surface area (Å²) in [6.45, 7) is 0.403. The average molecular weight is 359 g/mol. The van der Waals surface area contributed by atoms with Crippen molar-refractivity contribution in [3.05, 3.63) is 70.2 Å². The van der Waals surface area contributed by atoms with Gasteiger partial charge in [0.2, 0.25) is 5.91 Å². The maximum Gasteiger partial charge on any atom is 0.256 e. The number of nitrogens with zero attached hydrogens (tertiary/aromatic N) is 1. The Morgan fingerprint density at radius 3 is 2.92 bits per heavy atom. The minimum absolute atomic E-state index is 0.0457. The fraction of sp³-hybridized carbons (Fsp3) is 0.222. The fourth-order valence-electron chi connectivity index (χ4n) is 3.20. The first-order valence-corrected chi connectivity index (χ1v) is 9.13. The summed E-state index contributed by atoms with van der Waals surface area (Å²) in [5, 5.41) is 3.52. The second-order valence-corrected chi connectivity index (χ2v) is 7.40. The van der Waals surface area contributed by atoms with E-state index in [0.29, 0.717) is 22.9 Å². The quantitative estimate of drug-likeness (QED) is 0.916. The third-order valence-corrected chi connectivity index (χ3v) is 5.89. The van der Waals surface area contributed by atoms with Gasteiger partial charge in [-0.05, 0) is 29.3 Å². The van der Waals surface area contributed by atoms with E-state index in [9.17, 15) is 9.59 Å². The van der Waals surface area contributed by atoms with Gasteiger partial charge in [0.05, 0.1) is 0 Å². The van der Waals surface area contributed by atoms with Crippen LogP contribution < -0.4 is 5.32 Å². The van der Waals surface area contributed by atoms with Crippen molar-refractivity contribution < 1.29 is 9.59 Å². The van der Waals surface area contributed by atoms with Gasteiger partial charge < -0.3 is 10.2 Å². The highest BCUT2D eigenvalue weighted by molar-refractivity contribution is 7.99. The van der Waals surface area contributed by atoms with Crippen LogP contribution in [-0.4, -0.2) is 28.5 Å². The van der Waals surface area contributed by atoms with Gasteiger partial charge in [0.1, 0.15) is 11.4 Å². The topological polar surface area (TPSA) is 49.4 Å². The molecule has 0 unspecified atom stereocenters. The van der Waals surface area contributed by atoms with Gasteiger partial charge in [0.15, 0.2) is 0 Å². The Kier molecular flexibility index (Phi) is 3.98. The van der Waals surface area contributed by atoms with Crippen LogP contribution in [0.1, 0.15) is 26.9 Å². The molecule has 24 heavy (non-hydrogen) atoms. The minimum atomic E-state index is -0.431. The lowest BCUT2D eigenvalue weighted by atomic mass is 10.1. The van der Waals surface area contributed by atoms with Crippen molar-refractivity contribution in [3.8, 4) is 0 Å². The molecule has 0 aromatic heterocycles. The van der Waals surface area contributed by atoms with Crippen molar-refractivity contribution in [2.45, 2.75) is 18.0 Å². The molecule has 1 fully saturated rings. The largest absolute Gasteiger partial charge is 0.350 e. The number of rotatable bonds is 3. The van der Waals surface area contributed by atoms with E-state index in [1.165, 1.54) is 0 Å². The van der Waals surface area contributed by atoms with Crippen LogP contribution in [0, 0.1) is 0 Å². The van der Waals surface area contributed by atoms with Crippen LogP contribution in [0.4, 0.5) is 0 Å². The summed E-state index contributed by atoms with van der Waals surface area (Å²) < 4.78 is 0.